The highest BCUT2D eigenvalue weighted by atomic mass is 16.5. The zero-order valence-electron chi connectivity index (χ0n) is 6.94. The Morgan fingerprint density at radius 1 is 1.54 bits per heavy atom. The van der Waals surface area contributed by atoms with Crippen molar-refractivity contribution in [2.75, 3.05) is 0 Å². The molecule has 1 aromatic carbocycles. The normalized spacial score (nSPS) is 10.5. The monoisotopic (exact) mass is 177 g/mol. The fourth-order valence-electron chi connectivity index (χ4n) is 1.30. The van der Waals surface area contributed by atoms with E-state index in [1.54, 1.807) is 25.3 Å². The minimum atomic E-state index is -0.948. The van der Waals surface area contributed by atoms with Gasteiger partial charge in [-0.05, 0) is 19.1 Å². The van der Waals surface area contributed by atoms with Crippen LogP contribution in [0.25, 0.3) is 11.0 Å². The molecule has 13 heavy (non-hydrogen) atoms. The highest BCUT2D eigenvalue weighted by Crippen LogP contribution is 2.21. The lowest BCUT2D eigenvalue weighted by Gasteiger charge is -1.98. The molecule has 66 valence electrons. The van der Waals surface area contributed by atoms with Gasteiger partial charge in [-0.25, -0.2) is 4.79 Å². The molecule has 0 saturated heterocycles. The molecule has 4 heteroatoms. The molecular weight excluding hydrogens is 170 g/mol. The van der Waals surface area contributed by atoms with Gasteiger partial charge in [0.05, 0.1) is 11.8 Å². The third kappa shape index (κ3) is 1.07. The first kappa shape index (κ1) is 7.79. The van der Waals surface area contributed by atoms with Gasteiger partial charge in [0.15, 0.2) is 5.58 Å². The number of nitrogens with zero attached hydrogens (tertiary/aromatic N) is 1. The second-order valence-electron chi connectivity index (χ2n) is 2.79. The molecule has 1 N–H and O–H groups in total. The van der Waals surface area contributed by atoms with Crippen LogP contribution in [0.1, 0.15) is 15.9 Å². The summed E-state index contributed by atoms with van der Waals surface area (Å²) in [6.07, 6.45) is 1.56. The largest absolute Gasteiger partial charge is 0.478 e. The number of rotatable bonds is 1. The highest BCUT2D eigenvalue weighted by Gasteiger charge is 2.11. The zero-order chi connectivity index (χ0) is 9.42. The van der Waals surface area contributed by atoms with Crippen molar-refractivity contribution < 1.29 is 14.4 Å². The van der Waals surface area contributed by atoms with Crippen molar-refractivity contribution in [2.45, 2.75) is 6.92 Å². The van der Waals surface area contributed by atoms with Crippen molar-refractivity contribution in [1.29, 1.82) is 0 Å². The predicted octanol–water partition coefficient (Wildman–Crippen LogP) is 1.83. The van der Waals surface area contributed by atoms with E-state index in [9.17, 15) is 4.79 Å². The second-order valence-corrected chi connectivity index (χ2v) is 2.79. The summed E-state index contributed by atoms with van der Waals surface area (Å²) in [6.45, 7) is 1.71. The lowest BCUT2D eigenvalue weighted by Crippen LogP contribution is -1.98. The fraction of sp³-hybridized carbons (Fsp3) is 0.111. The Hall–Kier alpha value is -1.84. The van der Waals surface area contributed by atoms with Gasteiger partial charge < -0.3 is 9.63 Å². The summed E-state index contributed by atoms with van der Waals surface area (Å²) in [5, 5.41) is 13.2. The Bertz CT molecular complexity index is 473. The number of aryl methyl sites for hydroxylation is 1. The second kappa shape index (κ2) is 2.58. The molecule has 2 rings (SSSR count). The van der Waals surface area contributed by atoms with E-state index in [2.05, 4.69) is 5.16 Å². The Morgan fingerprint density at radius 3 is 3.00 bits per heavy atom. The maximum absolute atomic E-state index is 10.7. The standard InChI is InChI=1S/C9H7NO3/c1-5-7(9(11)12)3-2-6-4-10-13-8(5)6/h2-4H,1H3,(H,11,12). The maximum atomic E-state index is 10.7. The maximum Gasteiger partial charge on any atom is 0.336 e. The lowest BCUT2D eigenvalue weighted by atomic mass is 10.1. The van der Waals surface area contributed by atoms with Gasteiger partial charge in [-0.1, -0.05) is 5.16 Å². The van der Waals surface area contributed by atoms with E-state index in [4.69, 9.17) is 9.63 Å². The van der Waals surface area contributed by atoms with Crippen LogP contribution in [0.3, 0.4) is 0 Å². The number of aromatic nitrogens is 1. The number of aromatic carboxylic acids is 1. The van der Waals surface area contributed by atoms with E-state index in [1.807, 2.05) is 0 Å². The number of hydrogen-bond donors (Lipinski definition) is 1. The highest BCUT2D eigenvalue weighted by molar-refractivity contribution is 5.95. The van der Waals surface area contributed by atoms with Crippen molar-refractivity contribution in [3.63, 3.8) is 0 Å². The molecule has 0 saturated carbocycles. The molecule has 0 aliphatic carbocycles. The molecule has 0 radical (unpaired) electrons. The van der Waals surface area contributed by atoms with Crippen molar-refractivity contribution in [3.8, 4) is 0 Å². The molecule has 0 spiro atoms. The lowest BCUT2D eigenvalue weighted by molar-refractivity contribution is 0.0696. The first-order valence-electron chi connectivity index (χ1n) is 3.77. The molecule has 0 fully saturated rings. The predicted molar refractivity (Wildman–Crippen MR) is 45.7 cm³/mol. The van der Waals surface area contributed by atoms with E-state index in [0.29, 0.717) is 11.1 Å². The topological polar surface area (TPSA) is 63.3 Å². The number of carboxylic acid groups (broad SMARTS) is 1. The van der Waals surface area contributed by atoms with Crippen molar-refractivity contribution in [2.24, 2.45) is 0 Å². The summed E-state index contributed by atoms with van der Waals surface area (Å²) in [6, 6.07) is 3.24. The average molecular weight is 177 g/mol. The summed E-state index contributed by atoms with van der Waals surface area (Å²) in [5.74, 6) is -0.948. The van der Waals surface area contributed by atoms with Crippen LogP contribution in [-0.2, 0) is 0 Å². The van der Waals surface area contributed by atoms with E-state index in [0.717, 1.165) is 5.39 Å². The molecule has 0 unspecified atom stereocenters. The quantitative estimate of drug-likeness (QED) is 0.721. The molecule has 2 aromatic rings. The van der Waals surface area contributed by atoms with Crippen LogP contribution in [0.5, 0.6) is 0 Å². The SMILES string of the molecule is Cc1c(C(=O)O)ccc2cnoc12. The molecule has 0 amide bonds. The Kier molecular flexibility index (Phi) is 1.55. The average Bonchev–Trinajstić information content (AvgIpc) is 2.52. The summed E-state index contributed by atoms with van der Waals surface area (Å²) in [4.78, 5) is 10.7. The third-order valence-corrected chi connectivity index (χ3v) is 2.00. The van der Waals surface area contributed by atoms with Gasteiger partial charge in [-0.2, -0.15) is 0 Å². The van der Waals surface area contributed by atoms with Gasteiger partial charge in [0.25, 0.3) is 0 Å². The summed E-state index contributed by atoms with van der Waals surface area (Å²) in [5.41, 5.74) is 1.41. The van der Waals surface area contributed by atoms with Crippen LogP contribution in [0.15, 0.2) is 22.9 Å². The summed E-state index contributed by atoms with van der Waals surface area (Å²) >= 11 is 0. The third-order valence-electron chi connectivity index (χ3n) is 2.00. The van der Waals surface area contributed by atoms with Crippen LogP contribution in [0, 0.1) is 6.92 Å². The van der Waals surface area contributed by atoms with E-state index in [1.165, 1.54) is 0 Å². The van der Waals surface area contributed by atoms with Gasteiger partial charge in [-0.15, -0.1) is 0 Å². The first-order chi connectivity index (χ1) is 6.20. The number of hydrogen-bond acceptors (Lipinski definition) is 3. The Balaban J connectivity index is 2.80. The number of benzene rings is 1. The van der Waals surface area contributed by atoms with Gasteiger partial charge in [0, 0.05) is 10.9 Å². The van der Waals surface area contributed by atoms with E-state index < -0.39 is 5.97 Å². The van der Waals surface area contributed by atoms with E-state index >= 15 is 0 Å². The van der Waals surface area contributed by atoms with Gasteiger partial charge >= 0.3 is 5.97 Å². The Labute approximate surface area is 73.8 Å². The van der Waals surface area contributed by atoms with Crippen molar-refractivity contribution >= 4 is 16.9 Å². The van der Waals surface area contributed by atoms with Gasteiger partial charge in [0.2, 0.25) is 0 Å². The van der Waals surface area contributed by atoms with Crippen LogP contribution < -0.4 is 0 Å². The zero-order valence-corrected chi connectivity index (χ0v) is 6.94. The van der Waals surface area contributed by atoms with E-state index in [-0.39, 0.29) is 5.56 Å². The summed E-state index contributed by atoms with van der Waals surface area (Å²) < 4.78 is 4.93. The van der Waals surface area contributed by atoms with Gasteiger partial charge in [-0.3, -0.25) is 0 Å². The Morgan fingerprint density at radius 2 is 2.31 bits per heavy atom. The fourth-order valence-corrected chi connectivity index (χ4v) is 1.30. The smallest absolute Gasteiger partial charge is 0.336 e. The van der Waals surface area contributed by atoms with Crippen LogP contribution in [0.2, 0.25) is 0 Å². The van der Waals surface area contributed by atoms with Crippen LogP contribution in [-0.4, -0.2) is 16.2 Å². The molecule has 1 heterocycles. The molecule has 1 aromatic heterocycles. The van der Waals surface area contributed by atoms with Crippen LogP contribution in [0.4, 0.5) is 0 Å². The number of fused-ring (bicyclic) bond motifs is 1. The molecule has 0 atom stereocenters. The molecule has 0 aliphatic heterocycles. The molecule has 4 nitrogen and oxygen atoms in total. The minimum Gasteiger partial charge on any atom is -0.478 e. The van der Waals surface area contributed by atoms with Crippen molar-refractivity contribution in [3.05, 3.63) is 29.5 Å². The molecule has 0 bridgehead atoms. The van der Waals surface area contributed by atoms with Gasteiger partial charge in [0.1, 0.15) is 0 Å². The molecular formula is C9H7NO3. The minimum absolute atomic E-state index is 0.254. The van der Waals surface area contributed by atoms with Crippen molar-refractivity contribution in [1.82, 2.24) is 5.16 Å². The first-order valence-corrected chi connectivity index (χ1v) is 3.77. The molecule has 0 aliphatic rings. The number of carbonyl (C=O) groups is 1. The summed E-state index contributed by atoms with van der Waals surface area (Å²) in [7, 11) is 0. The van der Waals surface area contributed by atoms with Crippen LogP contribution >= 0.6 is 0 Å². The number of carboxylic acids is 1.